The zero-order valence-electron chi connectivity index (χ0n) is 21.9. The molecule has 2 N–H and O–H groups in total. The molecule has 3 aromatic heterocycles. The summed E-state index contributed by atoms with van der Waals surface area (Å²) >= 11 is 0. The number of aromatic nitrogens is 5. The first-order valence-electron chi connectivity index (χ1n) is 12.9. The van der Waals surface area contributed by atoms with Crippen molar-refractivity contribution in [2.45, 2.75) is 37.9 Å². The van der Waals surface area contributed by atoms with E-state index in [4.69, 9.17) is 4.52 Å². The van der Waals surface area contributed by atoms with E-state index in [1.165, 1.54) is 0 Å². The Kier molecular flexibility index (Phi) is 6.61. The van der Waals surface area contributed by atoms with Crippen LogP contribution in [0.1, 0.15) is 12.3 Å². The Morgan fingerprint density at radius 2 is 1.82 bits per heavy atom. The summed E-state index contributed by atoms with van der Waals surface area (Å²) in [5, 5.41) is 16.2. The molecule has 210 valence electrons. The minimum atomic E-state index is -4.49. The van der Waals surface area contributed by atoms with Crippen LogP contribution >= 0.6 is 0 Å². The van der Waals surface area contributed by atoms with Gasteiger partial charge in [-0.25, -0.2) is 4.39 Å². The molecule has 0 saturated carbocycles. The number of aryl methyl sites for hydroxylation is 1. The van der Waals surface area contributed by atoms with E-state index in [-0.39, 0.29) is 24.0 Å². The third kappa shape index (κ3) is 5.08. The zero-order valence-corrected chi connectivity index (χ0v) is 21.9. The molecule has 5 aromatic rings. The molecule has 1 saturated heterocycles. The molecule has 0 aliphatic carbocycles. The van der Waals surface area contributed by atoms with Gasteiger partial charge in [0.1, 0.15) is 12.7 Å². The average Bonchev–Trinajstić information content (AvgIpc) is 3.62. The van der Waals surface area contributed by atoms with Crippen LogP contribution in [0.3, 0.4) is 0 Å². The van der Waals surface area contributed by atoms with E-state index in [1.807, 2.05) is 37.2 Å². The predicted molar refractivity (Wildman–Crippen MR) is 144 cm³/mol. The largest absolute Gasteiger partial charge is 0.406 e. The maximum absolute atomic E-state index is 14.7. The van der Waals surface area contributed by atoms with Crippen LogP contribution in [-0.2, 0) is 20.1 Å². The Labute approximate surface area is 226 Å². The fourth-order valence-electron chi connectivity index (χ4n) is 5.30. The molecule has 2 atom stereocenters. The second kappa shape index (κ2) is 10.1. The first kappa shape index (κ1) is 26.1. The third-order valence-corrected chi connectivity index (χ3v) is 7.29. The Morgan fingerprint density at radius 1 is 1.05 bits per heavy atom. The van der Waals surface area contributed by atoms with Crippen LogP contribution in [0.15, 0.2) is 53.2 Å². The molecule has 1 aliphatic rings. The molecule has 4 heterocycles. The number of hydrogen-bond acceptors (Lipinski definition) is 7. The molecule has 0 radical (unpaired) electrons. The first-order valence-corrected chi connectivity index (χ1v) is 12.9. The summed E-state index contributed by atoms with van der Waals surface area (Å²) in [5.74, 6) is 0.245. The minimum absolute atomic E-state index is 0.0328. The van der Waals surface area contributed by atoms with Gasteiger partial charge in [0.2, 0.25) is 11.7 Å². The highest BCUT2D eigenvalue weighted by Crippen LogP contribution is 2.35. The number of hydrogen-bond donors (Lipinski definition) is 2. The van der Waals surface area contributed by atoms with Crippen LogP contribution in [-0.4, -0.2) is 67.9 Å². The van der Waals surface area contributed by atoms with E-state index in [0.717, 1.165) is 27.7 Å². The van der Waals surface area contributed by atoms with Gasteiger partial charge in [-0.15, -0.1) is 0 Å². The van der Waals surface area contributed by atoms with E-state index < -0.39 is 24.9 Å². The molecular weight excluding hydrogens is 528 g/mol. The lowest BCUT2D eigenvalue weighted by molar-refractivity contribution is -0.139. The van der Waals surface area contributed by atoms with Gasteiger partial charge in [0, 0.05) is 42.3 Å². The van der Waals surface area contributed by atoms with Gasteiger partial charge in [-0.2, -0.15) is 23.3 Å². The molecule has 9 nitrogen and oxygen atoms in total. The molecule has 0 bridgehead atoms. The van der Waals surface area contributed by atoms with Crippen LogP contribution in [0, 0.1) is 0 Å². The Morgan fingerprint density at radius 3 is 2.60 bits per heavy atom. The molecule has 0 spiro atoms. The summed E-state index contributed by atoms with van der Waals surface area (Å²) in [6, 6.07) is 11.9. The standard InChI is InChI=1S/C27H28F4N8O/c1-37-10-9-21(18(28)14-37)34-20-6-4-8-23-16(20)11-24(39(23)15-27(29,30)31)26-35-25(40-36-26)13-32-19-5-3-7-22-17(19)12-33-38(22)2/h3-8,11-12,18,21,32,34H,9-10,13-15H2,1-2H3/t18-,21+/m0/s1. The van der Waals surface area contributed by atoms with Crippen molar-refractivity contribution in [3.8, 4) is 11.5 Å². The van der Waals surface area contributed by atoms with Crippen LogP contribution < -0.4 is 10.6 Å². The molecule has 2 aromatic carbocycles. The number of likely N-dealkylation sites (tertiary alicyclic amines) is 1. The van der Waals surface area contributed by atoms with E-state index in [2.05, 4.69) is 25.9 Å². The highest BCUT2D eigenvalue weighted by Gasteiger charge is 2.32. The number of benzene rings is 2. The maximum Gasteiger partial charge on any atom is 0.406 e. The number of halogens is 4. The average molecular weight is 557 g/mol. The second-order valence-corrected chi connectivity index (χ2v) is 10.2. The SMILES string of the molecule is CN1CC[C@@H](Nc2cccc3c2cc(-c2noc(CNc4cccc5c4cnn5C)n2)n3CC(F)(F)F)[C@@H](F)C1. The van der Waals surface area contributed by atoms with Crippen molar-refractivity contribution in [2.75, 3.05) is 30.8 Å². The fraction of sp³-hybridized carbons (Fsp3) is 0.370. The first-order chi connectivity index (χ1) is 19.2. The van der Waals surface area contributed by atoms with Crippen molar-refractivity contribution in [3.63, 3.8) is 0 Å². The van der Waals surface area contributed by atoms with Crippen molar-refractivity contribution in [1.29, 1.82) is 0 Å². The van der Waals surface area contributed by atoms with Crippen molar-refractivity contribution in [2.24, 2.45) is 7.05 Å². The maximum atomic E-state index is 14.7. The minimum Gasteiger partial charge on any atom is -0.379 e. The van der Waals surface area contributed by atoms with Gasteiger partial charge < -0.3 is 24.6 Å². The molecule has 0 unspecified atom stereocenters. The number of fused-ring (bicyclic) bond motifs is 2. The third-order valence-electron chi connectivity index (χ3n) is 7.29. The summed E-state index contributed by atoms with van der Waals surface area (Å²) in [5.41, 5.74) is 2.82. The van der Waals surface area contributed by atoms with Gasteiger partial charge in [0.15, 0.2) is 0 Å². The lowest BCUT2D eigenvalue weighted by atomic mass is 10.0. The van der Waals surface area contributed by atoms with Gasteiger partial charge in [-0.1, -0.05) is 17.3 Å². The Bertz CT molecular complexity index is 1660. The summed E-state index contributed by atoms with van der Waals surface area (Å²) in [7, 11) is 3.71. The normalized spacial score (nSPS) is 18.6. The van der Waals surface area contributed by atoms with E-state index in [1.54, 1.807) is 35.1 Å². The lowest BCUT2D eigenvalue weighted by Gasteiger charge is -2.33. The second-order valence-electron chi connectivity index (χ2n) is 10.2. The van der Waals surface area contributed by atoms with Gasteiger partial charge in [-0.05, 0) is 43.8 Å². The monoisotopic (exact) mass is 556 g/mol. The van der Waals surface area contributed by atoms with Gasteiger partial charge in [0.05, 0.1) is 35.5 Å². The number of alkyl halides is 4. The molecule has 1 aliphatic heterocycles. The van der Waals surface area contributed by atoms with Crippen LogP contribution in [0.2, 0.25) is 0 Å². The molecular formula is C27H28F4N8O. The molecule has 6 rings (SSSR count). The van der Waals surface area contributed by atoms with Crippen LogP contribution in [0.4, 0.5) is 28.9 Å². The molecule has 40 heavy (non-hydrogen) atoms. The number of piperidine rings is 1. The van der Waals surface area contributed by atoms with Crippen molar-refractivity contribution >= 4 is 33.2 Å². The topological polar surface area (TPSA) is 89.0 Å². The highest BCUT2D eigenvalue weighted by atomic mass is 19.4. The van der Waals surface area contributed by atoms with E-state index in [0.29, 0.717) is 29.6 Å². The van der Waals surface area contributed by atoms with Crippen molar-refractivity contribution in [3.05, 3.63) is 54.6 Å². The van der Waals surface area contributed by atoms with Gasteiger partial charge in [-0.3, -0.25) is 4.68 Å². The molecule has 0 amide bonds. The summed E-state index contributed by atoms with van der Waals surface area (Å²) in [6.07, 6.45) is -3.26. The summed E-state index contributed by atoms with van der Waals surface area (Å²) < 4.78 is 64.1. The number of nitrogens with one attached hydrogen (secondary N) is 2. The number of anilines is 2. The highest BCUT2D eigenvalue weighted by molar-refractivity contribution is 5.96. The van der Waals surface area contributed by atoms with Crippen LogP contribution in [0.25, 0.3) is 33.3 Å². The Hall–Kier alpha value is -4.13. The van der Waals surface area contributed by atoms with Gasteiger partial charge >= 0.3 is 6.18 Å². The van der Waals surface area contributed by atoms with E-state index in [9.17, 15) is 17.6 Å². The summed E-state index contributed by atoms with van der Waals surface area (Å²) in [6.45, 7) is -0.0476. The lowest BCUT2D eigenvalue weighted by Crippen LogP contribution is -2.46. The predicted octanol–water partition coefficient (Wildman–Crippen LogP) is 5.21. The molecule has 1 fully saturated rings. The summed E-state index contributed by atoms with van der Waals surface area (Å²) in [4.78, 5) is 6.32. The Balaban J connectivity index is 1.31. The smallest absolute Gasteiger partial charge is 0.379 e. The quantitative estimate of drug-likeness (QED) is 0.266. The zero-order chi connectivity index (χ0) is 28.0. The van der Waals surface area contributed by atoms with E-state index >= 15 is 0 Å². The van der Waals surface area contributed by atoms with Crippen molar-refractivity contribution < 1.29 is 22.1 Å². The van der Waals surface area contributed by atoms with Gasteiger partial charge in [0.25, 0.3) is 0 Å². The van der Waals surface area contributed by atoms with Crippen LogP contribution in [0.5, 0.6) is 0 Å². The van der Waals surface area contributed by atoms with Crippen molar-refractivity contribution in [1.82, 2.24) is 29.4 Å². The fourth-order valence-corrected chi connectivity index (χ4v) is 5.30. The molecule has 13 heteroatoms. The number of rotatable bonds is 7. The number of nitrogens with zero attached hydrogens (tertiary/aromatic N) is 6.